The van der Waals surface area contributed by atoms with E-state index in [1.807, 2.05) is 6.08 Å². The Hall–Kier alpha value is -0.870. The molecule has 186 valence electrons. The third kappa shape index (κ3) is 3.33. The van der Waals surface area contributed by atoms with Crippen LogP contribution < -0.4 is 5.73 Å². The van der Waals surface area contributed by atoms with Crippen molar-refractivity contribution in [3.63, 3.8) is 0 Å². The lowest BCUT2D eigenvalue weighted by molar-refractivity contribution is -0.191. The molecule has 0 aromatic rings. The molecule has 0 aromatic heterocycles. The van der Waals surface area contributed by atoms with E-state index in [4.69, 9.17) is 15.2 Å². The smallest absolute Gasteiger partial charge is 0.330 e. The molecule has 4 unspecified atom stereocenters. The summed E-state index contributed by atoms with van der Waals surface area (Å²) in [5, 5.41) is 0. The van der Waals surface area contributed by atoms with Gasteiger partial charge in [0.05, 0.1) is 12.2 Å². The van der Waals surface area contributed by atoms with E-state index in [1.165, 1.54) is 32.1 Å². The van der Waals surface area contributed by atoms with Crippen LogP contribution in [0.2, 0.25) is 0 Å². The van der Waals surface area contributed by atoms with Crippen molar-refractivity contribution in [3.8, 4) is 0 Å². The number of esters is 1. The Bertz CT molecular complexity index is 833. The summed E-state index contributed by atoms with van der Waals surface area (Å²) in [6.45, 7) is 15.0. The van der Waals surface area contributed by atoms with Gasteiger partial charge in [-0.2, -0.15) is 0 Å². The molecule has 5 rings (SSSR count). The summed E-state index contributed by atoms with van der Waals surface area (Å²) in [7, 11) is 0. The molecule has 0 radical (unpaired) electrons. The van der Waals surface area contributed by atoms with E-state index in [2.05, 4.69) is 41.5 Å². The van der Waals surface area contributed by atoms with Gasteiger partial charge in [0.2, 0.25) is 0 Å². The molecule has 0 spiro atoms. The summed E-state index contributed by atoms with van der Waals surface area (Å²) in [5.74, 6) is 2.08. The standard InChI is InChI=1S/C29H47NO3/c1-19(2)7-8-24(31)33-21-10-13-25(3)20(17-21)9-14-26(4)22(25)11-15-27(5)23(28(6)18-32-28)12-16-29(26,27)30/h7-8,19-23H,9-18,30H2,1-6H3/b8-7+/t20-,21+,22?,23-,25-,26?,27?,28?,29+/m0/s1. The summed E-state index contributed by atoms with van der Waals surface area (Å²) in [4.78, 5) is 12.3. The fourth-order valence-electron chi connectivity index (χ4n) is 9.79. The predicted molar refractivity (Wildman–Crippen MR) is 131 cm³/mol. The zero-order valence-corrected chi connectivity index (χ0v) is 21.9. The van der Waals surface area contributed by atoms with Crippen LogP contribution in [0, 0.1) is 39.9 Å². The van der Waals surface area contributed by atoms with Gasteiger partial charge in [-0.25, -0.2) is 4.79 Å². The van der Waals surface area contributed by atoms with Crippen LogP contribution in [0.15, 0.2) is 12.2 Å². The van der Waals surface area contributed by atoms with Gasteiger partial charge >= 0.3 is 5.97 Å². The summed E-state index contributed by atoms with van der Waals surface area (Å²) in [6.07, 6.45) is 14.1. The number of rotatable bonds is 4. The van der Waals surface area contributed by atoms with Crippen LogP contribution in [0.5, 0.6) is 0 Å². The maximum Gasteiger partial charge on any atom is 0.330 e. The Kier molecular flexibility index (Phi) is 5.47. The molecule has 1 heterocycles. The van der Waals surface area contributed by atoms with Gasteiger partial charge in [-0.05, 0) is 105 Å². The van der Waals surface area contributed by atoms with Crippen LogP contribution in [-0.2, 0) is 14.3 Å². The molecule has 4 saturated carbocycles. The van der Waals surface area contributed by atoms with Crippen molar-refractivity contribution in [3.05, 3.63) is 12.2 Å². The molecule has 4 nitrogen and oxygen atoms in total. The van der Waals surface area contributed by atoms with Gasteiger partial charge in [0, 0.05) is 11.6 Å². The molecule has 0 aromatic carbocycles. The van der Waals surface area contributed by atoms with Crippen molar-refractivity contribution in [2.24, 2.45) is 45.7 Å². The molecule has 0 amide bonds. The lowest BCUT2D eigenvalue weighted by Crippen LogP contribution is -2.72. The van der Waals surface area contributed by atoms with Gasteiger partial charge in [0.15, 0.2) is 0 Å². The SMILES string of the molecule is CC(C)/C=C/C(=O)O[C@@H]1CC[C@]2(C)C3CCC4(C)[C@@H](C5(C)CO5)CC[C@@]4(N)C3(C)CC[C@H]2C1. The van der Waals surface area contributed by atoms with E-state index < -0.39 is 0 Å². The Balaban J connectivity index is 1.35. The number of hydrogen-bond donors (Lipinski definition) is 1. The minimum Gasteiger partial charge on any atom is -0.459 e. The van der Waals surface area contributed by atoms with Crippen molar-refractivity contribution in [2.75, 3.05) is 6.61 Å². The number of carbonyl (C=O) groups is 1. The minimum absolute atomic E-state index is 0.0616. The molecule has 5 aliphatic rings. The fourth-order valence-corrected chi connectivity index (χ4v) is 9.79. The number of allylic oxidation sites excluding steroid dienone is 1. The summed E-state index contributed by atoms with van der Waals surface area (Å²) < 4.78 is 11.9. The number of carbonyl (C=O) groups excluding carboxylic acids is 1. The molecule has 33 heavy (non-hydrogen) atoms. The highest BCUT2D eigenvalue weighted by Gasteiger charge is 2.74. The Labute approximate surface area is 201 Å². The first kappa shape index (κ1) is 23.9. The van der Waals surface area contributed by atoms with Crippen LogP contribution in [-0.4, -0.2) is 29.8 Å². The largest absolute Gasteiger partial charge is 0.459 e. The summed E-state index contributed by atoms with van der Waals surface area (Å²) >= 11 is 0. The van der Waals surface area contributed by atoms with E-state index in [-0.39, 0.29) is 34.0 Å². The third-order valence-electron chi connectivity index (χ3n) is 11.9. The Morgan fingerprint density at radius 1 is 0.970 bits per heavy atom. The zero-order chi connectivity index (χ0) is 23.9. The van der Waals surface area contributed by atoms with Crippen molar-refractivity contribution in [2.45, 2.75) is 117 Å². The average molecular weight is 458 g/mol. The molecule has 9 atom stereocenters. The third-order valence-corrected chi connectivity index (χ3v) is 11.9. The molecule has 2 N–H and O–H groups in total. The number of ether oxygens (including phenoxy) is 2. The zero-order valence-electron chi connectivity index (χ0n) is 21.9. The molecule has 5 fully saturated rings. The van der Waals surface area contributed by atoms with Crippen molar-refractivity contribution in [1.29, 1.82) is 0 Å². The summed E-state index contributed by atoms with van der Waals surface area (Å²) in [5.41, 5.74) is 8.20. The van der Waals surface area contributed by atoms with Gasteiger partial charge in [-0.15, -0.1) is 0 Å². The fraction of sp³-hybridized carbons (Fsp3) is 0.897. The van der Waals surface area contributed by atoms with Crippen molar-refractivity contribution < 1.29 is 14.3 Å². The lowest BCUT2D eigenvalue weighted by Gasteiger charge is -2.69. The Morgan fingerprint density at radius 3 is 2.27 bits per heavy atom. The topological polar surface area (TPSA) is 64.8 Å². The van der Waals surface area contributed by atoms with Crippen LogP contribution in [0.25, 0.3) is 0 Å². The first-order valence-corrected chi connectivity index (χ1v) is 13.7. The highest BCUT2D eigenvalue weighted by atomic mass is 16.6. The monoisotopic (exact) mass is 457 g/mol. The van der Waals surface area contributed by atoms with Crippen LogP contribution in [0.1, 0.15) is 99.3 Å². The molecular formula is C29H47NO3. The van der Waals surface area contributed by atoms with E-state index in [1.54, 1.807) is 6.08 Å². The molecule has 0 bridgehead atoms. The van der Waals surface area contributed by atoms with Gasteiger partial charge in [-0.1, -0.05) is 40.7 Å². The average Bonchev–Trinajstić information content (AvgIpc) is 3.41. The molecular weight excluding hydrogens is 410 g/mol. The first-order valence-electron chi connectivity index (χ1n) is 13.7. The maximum atomic E-state index is 12.3. The number of fused-ring (bicyclic) bond motifs is 5. The number of epoxide rings is 1. The molecule has 4 aliphatic carbocycles. The maximum absolute atomic E-state index is 12.3. The van der Waals surface area contributed by atoms with Gasteiger partial charge < -0.3 is 15.2 Å². The van der Waals surface area contributed by atoms with E-state index in [0.717, 1.165) is 32.3 Å². The van der Waals surface area contributed by atoms with E-state index >= 15 is 0 Å². The van der Waals surface area contributed by atoms with Crippen LogP contribution in [0.4, 0.5) is 0 Å². The van der Waals surface area contributed by atoms with Gasteiger partial charge in [0.25, 0.3) is 0 Å². The highest BCUT2D eigenvalue weighted by Crippen LogP contribution is 2.74. The minimum atomic E-state index is -0.167. The number of hydrogen-bond acceptors (Lipinski definition) is 4. The molecule has 1 saturated heterocycles. The second-order valence-corrected chi connectivity index (χ2v) is 13.8. The number of nitrogens with two attached hydrogens (primary N) is 1. The lowest BCUT2D eigenvalue weighted by atomic mass is 9.37. The summed E-state index contributed by atoms with van der Waals surface area (Å²) in [6, 6.07) is 0. The Morgan fingerprint density at radius 2 is 1.61 bits per heavy atom. The van der Waals surface area contributed by atoms with Crippen LogP contribution in [0.3, 0.4) is 0 Å². The van der Waals surface area contributed by atoms with Crippen molar-refractivity contribution >= 4 is 5.97 Å². The molecule has 1 aliphatic heterocycles. The molecule has 4 heteroatoms. The van der Waals surface area contributed by atoms with Crippen molar-refractivity contribution in [1.82, 2.24) is 0 Å². The van der Waals surface area contributed by atoms with Gasteiger partial charge in [-0.3, -0.25) is 0 Å². The second-order valence-electron chi connectivity index (χ2n) is 13.8. The van der Waals surface area contributed by atoms with Crippen LogP contribution >= 0.6 is 0 Å². The normalized spacial score (nSPS) is 53.5. The second kappa shape index (κ2) is 7.56. The highest BCUT2D eigenvalue weighted by molar-refractivity contribution is 5.82. The predicted octanol–water partition coefficient (Wildman–Crippen LogP) is 6.03. The first-order chi connectivity index (χ1) is 15.4. The van der Waals surface area contributed by atoms with Gasteiger partial charge in [0.1, 0.15) is 6.10 Å². The van der Waals surface area contributed by atoms with E-state index in [9.17, 15) is 4.79 Å². The quantitative estimate of drug-likeness (QED) is 0.318. The van der Waals surface area contributed by atoms with E-state index in [0.29, 0.717) is 29.1 Å².